The number of Topliss-reactive ketones (excluding diaryl/α,β-unsaturated/α-hetero) is 1. The van der Waals surface area contributed by atoms with Gasteiger partial charge >= 0.3 is 0 Å². The summed E-state index contributed by atoms with van der Waals surface area (Å²) in [7, 11) is 0. The Bertz CT molecular complexity index is 1340. The monoisotopic (exact) mass is 423 g/mol. The van der Waals surface area contributed by atoms with Gasteiger partial charge < -0.3 is 15.6 Å². The fraction of sp³-hybridized carbons (Fsp3) is 0.115. The van der Waals surface area contributed by atoms with Gasteiger partial charge in [-0.15, -0.1) is 0 Å². The number of hydrogen-bond acceptors (Lipinski definition) is 3. The lowest BCUT2D eigenvalue weighted by atomic mass is 10.0. The Morgan fingerprint density at radius 2 is 1.50 bits per heavy atom. The zero-order valence-electron chi connectivity index (χ0n) is 17.2. The molecule has 1 aliphatic carbocycles. The number of carbonyl (C=O) groups is 3. The van der Waals surface area contributed by atoms with Gasteiger partial charge in [-0.3, -0.25) is 14.4 Å². The number of anilines is 1. The fourth-order valence-corrected chi connectivity index (χ4v) is 3.77. The highest BCUT2D eigenvalue weighted by Crippen LogP contribution is 2.31. The molecule has 1 aliphatic rings. The third kappa shape index (κ3) is 3.78. The highest BCUT2D eigenvalue weighted by molar-refractivity contribution is 6.49. The third-order valence-corrected chi connectivity index (χ3v) is 5.53. The van der Waals surface area contributed by atoms with Gasteiger partial charge in [-0.25, -0.2) is 0 Å². The molecule has 0 radical (unpaired) electrons. The second-order valence-electron chi connectivity index (χ2n) is 7.86. The topological polar surface area (TPSA) is 91.1 Å². The molecule has 158 valence electrons. The van der Waals surface area contributed by atoms with Crippen molar-refractivity contribution in [3.8, 4) is 11.3 Å². The van der Waals surface area contributed by atoms with E-state index in [0.29, 0.717) is 27.9 Å². The first-order valence-electron chi connectivity index (χ1n) is 10.5. The van der Waals surface area contributed by atoms with E-state index in [1.165, 1.54) is 0 Å². The van der Waals surface area contributed by atoms with Gasteiger partial charge in [-0.05, 0) is 36.6 Å². The first-order valence-corrected chi connectivity index (χ1v) is 10.5. The first kappa shape index (κ1) is 19.8. The van der Waals surface area contributed by atoms with Crippen molar-refractivity contribution in [3.05, 3.63) is 90.0 Å². The molecule has 5 rings (SSSR count). The average Bonchev–Trinajstić information content (AvgIpc) is 3.55. The molecule has 6 heteroatoms. The lowest BCUT2D eigenvalue weighted by Crippen LogP contribution is -2.28. The summed E-state index contributed by atoms with van der Waals surface area (Å²) >= 11 is 0. The number of benzene rings is 3. The first-order chi connectivity index (χ1) is 15.6. The highest BCUT2D eigenvalue weighted by atomic mass is 16.2. The number of aromatic nitrogens is 1. The maximum atomic E-state index is 13.4. The lowest BCUT2D eigenvalue weighted by molar-refractivity contribution is -0.112. The minimum atomic E-state index is -0.793. The largest absolute Gasteiger partial charge is 0.354 e. The van der Waals surface area contributed by atoms with E-state index in [1.807, 2.05) is 54.6 Å². The zero-order valence-corrected chi connectivity index (χ0v) is 17.2. The fourth-order valence-electron chi connectivity index (χ4n) is 3.77. The summed E-state index contributed by atoms with van der Waals surface area (Å²) in [6.45, 7) is 0. The molecule has 1 fully saturated rings. The van der Waals surface area contributed by atoms with Crippen molar-refractivity contribution in [2.75, 3.05) is 5.32 Å². The van der Waals surface area contributed by atoms with Crippen molar-refractivity contribution >= 4 is 34.2 Å². The van der Waals surface area contributed by atoms with Crippen LogP contribution in [0.1, 0.15) is 33.6 Å². The summed E-state index contributed by atoms with van der Waals surface area (Å²) in [6.07, 6.45) is 1.92. The van der Waals surface area contributed by atoms with Crippen LogP contribution in [0.2, 0.25) is 0 Å². The van der Waals surface area contributed by atoms with E-state index in [0.717, 1.165) is 23.9 Å². The molecule has 0 saturated heterocycles. The van der Waals surface area contributed by atoms with Crippen LogP contribution >= 0.6 is 0 Å². The number of hydrogen-bond donors (Lipinski definition) is 3. The Morgan fingerprint density at radius 1 is 0.812 bits per heavy atom. The van der Waals surface area contributed by atoms with Crippen LogP contribution in [0, 0.1) is 0 Å². The molecule has 2 amide bonds. The van der Waals surface area contributed by atoms with E-state index in [9.17, 15) is 14.4 Å². The molecule has 3 aromatic carbocycles. The quantitative estimate of drug-likeness (QED) is 0.314. The minimum absolute atomic E-state index is 0.188. The number of fused-ring (bicyclic) bond motifs is 1. The molecule has 32 heavy (non-hydrogen) atoms. The molecule has 0 atom stereocenters. The van der Waals surface area contributed by atoms with E-state index >= 15 is 0 Å². The number of aromatic amines is 1. The molecule has 0 aliphatic heterocycles. The number of H-pyrrole nitrogens is 1. The van der Waals surface area contributed by atoms with Gasteiger partial charge in [-0.2, -0.15) is 0 Å². The number of rotatable bonds is 6. The average molecular weight is 423 g/mol. The van der Waals surface area contributed by atoms with Crippen LogP contribution in [0.4, 0.5) is 5.69 Å². The van der Waals surface area contributed by atoms with Crippen LogP contribution in [0.5, 0.6) is 0 Å². The summed E-state index contributed by atoms with van der Waals surface area (Å²) < 4.78 is 0. The predicted octanol–water partition coefficient (Wildman–Crippen LogP) is 4.55. The minimum Gasteiger partial charge on any atom is -0.354 e. The summed E-state index contributed by atoms with van der Waals surface area (Å²) in [5, 5.41) is 6.24. The Balaban J connectivity index is 1.49. The van der Waals surface area contributed by atoms with Gasteiger partial charge in [0.15, 0.2) is 0 Å². The number of ketones is 1. The van der Waals surface area contributed by atoms with Gasteiger partial charge in [0.2, 0.25) is 0 Å². The number of carbonyl (C=O) groups excluding carboxylic acids is 3. The Morgan fingerprint density at radius 3 is 2.28 bits per heavy atom. The molecule has 6 nitrogen and oxygen atoms in total. The summed E-state index contributed by atoms with van der Waals surface area (Å²) in [5.74, 6) is -1.72. The standard InChI is InChI=1S/C26H21N3O3/c30-24(26(32)29-21-13-7-5-11-19(21)25(31)27-17-14-15-17)22-18-10-4-6-12-20(18)28-23(22)16-8-2-1-3-9-16/h1-13,17,28H,14-15H2,(H,27,31)(H,29,32). The van der Waals surface area contributed by atoms with Crippen molar-refractivity contribution < 1.29 is 14.4 Å². The molecular weight excluding hydrogens is 402 g/mol. The maximum absolute atomic E-state index is 13.4. The van der Waals surface area contributed by atoms with Crippen LogP contribution in [0.3, 0.4) is 0 Å². The summed E-state index contributed by atoms with van der Waals surface area (Å²) in [5.41, 5.74) is 3.12. The number of amides is 2. The molecule has 0 unspecified atom stereocenters. The molecule has 1 aromatic heterocycles. The Labute approximate surface area is 184 Å². The van der Waals surface area contributed by atoms with E-state index in [-0.39, 0.29) is 11.9 Å². The summed E-state index contributed by atoms with van der Waals surface area (Å²) in [6, 6.07) is 23.7. The molecule has 0 bridgehead atoms. The van der Waals surface area contributed by atoms with Gasteiger partial charge in [0.05, 0.1) is 22.5 Å². The van der Waals surface area contributed by atoms with Crippen molar-refractivity contribution in [2.45, 2.75) is 18.9 Å². The lowest BCUT2D eigenvalue weighted by Gasteiger charge is -2.11. The SMILES string of the molecule is O=C(Nc1ccccc1C(=O)NC1CC1)C(=O)c1c(-c2ccccc2)[nH]c2ccccc12. The van der Waals surface area contributed by atoms with E-state index in [2.05, 4.69) is 15.6 Å². The van der Waals surface area contributed by atoms with Gasteiger partial charge in [0, 0.05) is 16.9 Å². The predicted molar refractivity (Wildman–Crippen MR) is 124 cm³/mol. The Kier molecular flexibility index (Phi) is 5.03. The van der Waals surface area contributed by atoms with Gasteiger partial charge in [-0.1, -0.05) is 60.7 Å². The van der Waals surface area contributed by atoms with Crippen LogP contribution < -0.4 is 10.6 Å². The van der Waals surface area contributed by atoms with Crippen molar-refractivity contribution in [2.24, 2.45) is 0 Å². The molecule has 1 heterocycles. The van der Waals surface area contributed by atoms with Crippen molar-refractivity contribution in [3.63, 3.8) is 0 Å². The second kappa shape index (κ2) is 8.15. The highest BCUT2D eigenvalue weighted by Gasteiger charge is 2.28. The zero-order chi connectivity index (χ0) is 22.1. The van der Waals surface area contributed by atoms with Crippen molar-refractivity contribution in [1.29, 1.82) is 0 Å². The number of nitrogens with one attached hydrogen (secondary N) is 3. The van der Waals surface area contributed by atoms with E-state index in [1.54, 1.807) is 24.3 Å². The molecule has 1 saturated carbocycles. The normalized spacial score (nSPS) is 13.0. The van der Waals surface area contributed by atoms with Crippen LogP contribution in [-0.2, 0) is 4.79 Å². The van der Waals surface area contributed by atoms with E-state index in [4.69, 9.17) is 0 Å². The number of para-hydroxylation sites is 2. The second-order valence-corrected chi connectivity index (χ2v) is 7.86. The maximum Gasteiger partial charge on any atom is 0.296 e. The smallest absolute Gasteiger partial charge is 0.296 e. The molecule has 4 aromatic rings. The third-order valence-electron chi connectivity index (χ3n) is 5.53. The van der Waals surface area contributed by atoms with Crippen LogP contribution in [0.15, 0.2) is 78.9 Å². The molecular formula is C26H21N3O3. The van der Waals surface area contributed by atoms with E-state index < -0.39 is 11.7 Å². The van der Waals surface area contributed by atoms with Gasteiger partial charge in [0.1, 0.15) is 0 Å². The summed E-state index contributed by atoms with van der Waals surface area (Å²) in [4.78, 5) is 42.2. The van der Waals surface area contributed by atoms with Crippen LogP contribution in [0.25, 0.3) is 22.2 Å². The van der Waals surface area contributed by atoms with Crippen molar-refractivity contribution in [1.82, 2.24) is 10.3 Å². The molecule has 0 spiro atoms. The Hall–Kier alpha value is -4.19. The van der Waals surface area contributed by atoms with Gasteiger partial charge in [0.25, 0.3) is 17.6 Å². The molecule has 3 N–H and O–H groups in total. The van der Waals surface area contributed by atoms with Crippen LogP contribution in [-0.4, -0.2) is 28.6 Å².